The number of nitrogens with one attached hydrogen (secondary N) is 4. The van der Waals surface area contributed by atoms with E-state index in [0.717, 1.165) is 98.2 Å². The average Bonchev–Trinajstić information content (AvgIpc) is 3.67. The summed E-state index contributed by atoms with van der Waals surface area (Å²) in [6.07, 6.45) is 9.12. The number of anilines is 2. The summed E-state index contributed by atoms with van der Waals surface area (Å²) in [4.78, 5) is 59.5. The Kier molecular flexibility index (Phi) is 15.5. The highest BCUT2D eigenvalue weighted by atomic mass is 16.5. The Bertz CT molecular complexity index is 3470. The van der Waals surface area contributed by atoms with E-state index in [1.54, 1.807) is 14.2 Å². The Labute approximate surface area is 492 Å². The van der Waals surface area contributed by atoms with E-state index >= 15 is 0 Å². The van der Waals surface area contributed by atoms with Crippen LogP contribution in [0.5, 0.6) is 11.5 Å². The SMILES string of the molecule is COc1ccc2c(c1)N[C@@H](c1cccc3ccccc13)[C@H]1CCN(C(=O)[C@H]3CCCC[C@H]3NC(=O)c3ccccc3)[C@@H]21.COc1ccc2c(c1)N[C@H](c1cccc3ccccc13)[C@@H]1CCN(C(=O)[C@H]3CCCC[C@H]3NC(=O)c3ccccc3)[C@H]21. The first-order valence-electron chi connectivity index (χ1n) is 30.4. The number of carbonyl (C=O) groups is 4. The number of fused-ring (bicyclic) bond motifs is 8. The minimum Gasteiger partial charge on any atom is -0.497 e. The largest absolute Gasteiger partial charge is 0.497 e. The van der Waals surface area contributed by atoms with Crippen LogP contribution in [0.25, 0.3) is 21.5 Å². The van der Waals surface area contributed by atoms with Gasteiger partial charge in [-0.3, -0.25) is 19.2 Å². The van der Waals surface area contributed by atoms with E-state index in [0.29, 0.717) is 24.2 Å². The Balaban J connectivity index is 0.000000157. The van der Waals surface area contributed by atoms with Gasteiger partial charge in [0.25, 0.3) is 11.8 Å². The molecule has 0 spiro atoms. The molecule has 4 heterocycles. The predicted octanol–water partition coefficient (Wildman–Crippen LogP) is 13.8. The number of benzene rings is 8. The van der Waals surface area contributed by atoms with Crippen LogP contribution in [0.4, 0.5) is 11.4 Å². The van der Waals surface area contributed by atoms with Crippen LogP contribution >= 0.6 is 0 Å². The highest BCUT2D eigenvalue weighted by Crippen LogP contribution is 2.55. The molecule has 4 fully saturated rings. The molecule has 0 unspecified atom stereocenters. The highest BCUT2D eigenvalue weighted by Gasteiger charge is 2.51. The summed E-state index contributed by atoms with van der Waals surface area (Å²) in [6, 6.07) is 60.8. The second-order valence-corrected chi connectivity index (χ2v) is 23.8. The van der Waals surface area contributed by atoms with Crippen molar-refractivity contribution < 1.29 is 28.7 Å². The molecule has 14 rings (SSSR count). The molecule has 2 aliphatic carbocycles. The van der Waals surface area contributed by atoms with E-state index in [1.807, 2.05) is 72.8 Å². The lowest BCUT2D eigenvalue weighted by Crippen LogP contribution is -2.50. The van der Waals surface area contributed by atoms with Crippen molar-refractivity contribution in [2.75, 3.05) is 37.9 Å². The van der Waals surface area contributed by atoms with Gasteiger partial charge in [0.1, 0.15) is 11.5 Å². The normalized spacial score (nSPS) is 24.8. The van der Waals surface area contributed by atoms with Gasteiger partial charge in [-0.2, -0.15) is 0 Å². The molecule has 2 saturated carbocycles. The van der Waals surface area contributed by atoms with Crippen LogP contribution in [0.1, 0.15) is 131 Å². The van der Waals surface area contributed by atoms with Crippen LogP contribution in [0.2, 0.25) is 0 Å². The van der Waals surface area contributed by atoms with Gasteiger partial charge >= 0.3 is 0 Å². The number of hydrogen-bond donors (Lipinski definition) is 4. The first-order valence-corrected chi connectivity index (χ1v) is 30.4. The first-order chi connectivity index (χ1) is 41.2. The molecule has 4 aliphatic heterocycles. The summed E-state index contributed by atoms with van der Waals surface area (Å²) in [6.45, 7) is 1.41. The first kappa shape index (κ1) is 54.6. The molecule has 0 radical (unpaired) electrons. The van der Waals surface area contributed by atoms with Crippen LogP contribution in [0.15, 0.2) is 182 Å². The van der Waals surface area contributed by atoms with Crippen LogP contribution in [-0.4, -0.2) is 72.8 Å². The van der Waals surface area contributed by atoms with E-state index in [-0.39, 0.29) is 83.6 Å². The summed E-state index contributed by atoms with van der Waals surface area (Å²) >= 11 is 0. The molecular weight excluding hydrogens is 1040 g/mol. The van der Waals surface area contributed by atoms with Crippen molar-refractivity contribution in [1.82, 2.24) is 20.4 Å². The lowest BCUT2D eigenvalue weighted by molar-refractivity contribution is -0.139. The molecule has 0 aromatic heterocycles. The molecule has 428 valence electrons. The molecule has 84 heavy (non-hydrogen) atoms. The summed E-state index contributed by atoms with van der Waals surface area (Å²) in [5.41, 5.74) is 8.11. The Morgan fingerprint density at radius 1 is 0.429 bits per heavy atom. The number of rotatable bonds is 10. The Morgan fingerprint density at radius 3 is 1.25 bits per heavy atom. The smallest absolute Gasteiger partial charge is 0.251 e. The number of amides is 4. The maximum atomic E-state index is 14.5. The quantitative estimate of drug-likeness (QED) is 0.106. The lowest BCUT2D eigenvalue weighted by Gasteiger charge is -2.42. The second kappa shape index (κ2) is 23.9. The van der Waals surface area contributed by atoms with Gasteiger partial charge in [0.2, 0.25) is 11.8 Å². The molecule has 12 nitrogen and oxygen atoms in total. The van der Waals surface area contributed by atoms with Crippen molar-refractivity contribution in [3.05, 3.63) is 215 Å². The number of methoxy groups -OCH3 is 2. The standard InChI is InChI=1S/2C36H37N3O3/c2*1-42-25-18-19-28-32(22-25)37-33(27-16-9-13-23-10-5-6-14-26(23)27)30-20-21-39(34(28)30)36(41)29-15-7-8-17-31(29)38-35(40)24-11-3-2-4-12-24/h2*2-6,9-14,16,18-19,22,29-31,33-34,37H,7-8,15,17,20-21H2,1H3,(H,38,40)/t29-,30+,31+,33-,34-;29-,30-,31+,33+,34+/m00/s1. The van der Waals surface area contributed by atoms with E-state index in [2.05, 4.69) is 140 Å². The minimum atomic E-state index is -0.224. The van der Waals surface area contributed by atoms with Crippen molar-refractivity contribution in [2.45, 2.75) is 100 Å². The van der Waals surface area contributed by atoms with Crippen molar-refractivity contribution in [2.24, 2.45) is 23.7 Å². The maximum Gasteiger partial charge on any atom is 0.251 e. The minimum absolute atomic E-state index is 0.0453. The van der Waals surface area contributed by atoms with Gasteiger partial charge in [-0.25, -0.2) is 0 Å². The zero-order valence-corrected chi connectivity index (χ0v) is 47.9. The van der Waals surface area contributed by atoms with Gasteiger partial charge < -0.3 is 40.5 Å². The number of hydrogen-bond acceptors (Lipinski definition) is 8. The van der Waals surface area contributed by atoms with Crippen LogP contribution < -0.4 is 30.7 Å². The highest BCUT2D eigenvalue weighted by molar-refractivity contribution is 5.96. The fraction of sp³-hybridized carbons (Fsp3) is 0.333. The van der Waals surface area contributed by atoms with Crippen molar-refractivity contribution >= 4 is 56.5 Å². The predicted molar refractivity (Wildman–Crippen MR) is 331 cm³/mol. The van der Waals surface area contributed by atoms with Crippen LogP contribution in [0, 0.1) is 23.7 Å². The summed E-state index contributed by atoms with van der Waals surface area (Å²) < 4.78 is 11.2. The van der Waals surface area contributed by atoms with Crippen molar-refractivity contribution in [3.8, 4) is 11.5 Å². The molecule has 0 bridgehead atoms. The van der Waals surface area contributed by atoms with Crippen molar-refractivity contribution in [1.29, 1.82) is 0 Å². The molecular formula is C72H74N6O6. The molecule has 8 aromatic rings. The van der Waals surface area contributed by atoms with Crippen LogP contribution in [0.3, 0.4) is 0 Å². The maximum absolute atomic E-state index is 14.5. The summed E-state index contributed by atoms with van der Waals surface area (Å²) in [5.74, 6) is 1.72. The summed E-state index contributed by atoms with van der Waals surface area (Å²) in [5, 5.41) is 19.1. The monoisotopic (exact) mass is 1120 g/mol. The van der Waals surface area contributed by atoms with Crippen LogP contribution in [-0.2, 0) is 9.59 Å². The number of likely N-dealkylation sites (tertiary alicyclic amines) is 2. The number of carbonyl (C=O) groups excluding carboxylic acids is 4. The average molecular weight is 1120 g/mol. The number of nitrogens with zero attached hydrogens (tertiary/aromatic N) is 2. The van der Waals surface area contributed by atoms with Gasteiger partial charge in [-0.05, 0) is 119 Å². The molecule has 8 aromatic carbocycles. The Morgan fingerprint density at radius 2 is 0.821 bits per heavy atom. The molecule has 6 aliphatic rings. The van der Waals surface area contributed by atoms with Gasteiger partial charge in [0.05, 0.1) is 50.2 Å². The number of ether oxygens (including phenoxy) is 2. The van der Waals surface area contributed by atoms with Gasteiger partial charge in [0, 0.05) is 71.6 Å². The van der Waals surface area contributed by atoms with E-state index in [9.17, 15) is 19.2 Å². The zero-order chi connectivity index (χ0) is 57.3. The molecule has 10 atom stereocenters. The van der Waals surface area contributed by atoms with E-state index in [4.69, 9.17) is 9.47 Å². The summed E-state index contributed by atoms with van der Waals surface area (Å²) in [7, 11) is 3.38. The fourth-order valence-electron chi connectivity index (χ4n) is 15.2. The van der Waals surface area contributed by atoms with Gasteiger partial charge in [-0.15, -0.1) is 0 Å². The molecule has 12 heteroatoms. The molecule has 2 saturated heterocycles. The second-order valence-electron chi connectivity index (χ2n) is 23.8. The van der Waals surface area contributed by atoms with Gasteiger partial charge in [-0.1, -0.05) is 159 Å². The molecule has 4 amide bonds. The Hall–Kier alpha value is -8.64. The third kappa shape index (κ3) is 10.5. The topological polar surface area (TPSA) is 141 Å². The van der Waals surface area contributed by atoms with Crippen molar-refractivity contribution in [3.63, 3.8) is 0 Å². The fourth-order valence-corrected chi connectivity index (χ4v) is 15.2. The molecule has 4 N–H and O–H groups in total. The lowest BCUT2D eigenvalue weighted by atomic mass is 9.78. The van der Waals surface area contributed by atoms with E-state index in [1.165, 1.54) is 32.7 Å². The van der Waals surface area contributed by atoms with Gasteiger partial charge in [0.15, 0.2) is 0 Å². The third-order valence-electron chi connectivity index (χ3n) is 19.3. The zero-order valence-electron chi connectivity index (χ0n) is 47.9. The third-order valence-corrected chi connectivity index (χ3v) is 19.3. The van der Waals surface area contributed by atoms with E-state index < -0.39 is 0 Å².